The Bertz CT molecular complexity index is 578. The highest BCUT2D eigenvalue weighted by atomic mass is 32.2. The number of hydrogen-bond donors (Lipinski definition) is 2. The van der Waals surface area contributed by atoms with Gasteiger partial charge in [0.2, 0.25) is 10.0 Å². The highest BCUT2D eigenvalue weighted by Crippen LogP contribution is 2.22. The maximum Gasteiger partial charge on any atom is 0.265 e. The van der Waals surface area contributed by atoms with E-state index in [4.69, 9.17) is 5.73 Å². The number of hydrogen-bond acceptors (Lipinski definition) is 4. The van der Waals surface area contributed by atoms with Gasteiger partial charge in [0, 0.05) is 26.3 Å². The van der Waals surface area contributed by atoms with Crippen LogP contribution in [0.4, 0.5) is 0 Å². The third-order valence-corrected chi connectivity index (χ3v) is 4.83. The molecule has 0 saturated carbocycles. The standard InChI is InChI=1S/C10H15N3O4S/c1-12-6-8(4-9(12)10(11)15)18(16,17)13-3-2-7(14)5-13/h4,6-7,14H,2-3,5H2,1H3,(H2,11,15)/t7-/m1/s1. The molecule has 0 aliphatic carbocycles. The molecule has 8 heteroatoms. The Hall–Kier alpha value is -1.38. The predicted octanol–water partition coefficient (Wildman–Crippen LogP) is -1.12. The Morgan fingerprint density at radius 1 is 1.56 bits per heavy atom. The van der Waals surface area contributed by atoms with Crippen molar-refractivity contribution in [2.45, 2.75) is 17.4 Å². The summed E-state index contributed by atoms with van der Waals surface area (Å²) < 4.78 is 27.0. The van der Waals surface area contributed by atoms with Gasteiger partial charge in [-0.2, -0.15) is 4.31 Å². The van der Waals surface area contributed by atoms with Crippen LogP contribution in [0.5, 0.6) is 0 Å². The first-order valence-electron chi connectivity index (χ1n) is 5.47. The van der Waals surface area contributed by atoms with Gasteiger partial charge in [0.05, 0.1) is 6.10 Å². The summed E-state index contributed by atoms with van der Waals surface area (Å²) in [5, 5.41) is 9.37. The first-order valence-corrected chi connectivity index (χ1v) is 6.91. The number of rotatable bonds is 3. The molecule has 1 aromatic rings. The molecule has 1 fully saturated rings. The molecule has 2 heterocycles. The summed E-state index contributed by atoms with van der Waals surface area (Å²) in [6.45, 7) is 0.368. The summed E-state index contributed by atoms with van der Waals surface area (Å²) in [5.41, 5.74) is 5.27. The van der Waals surface area contributed by atoms with Gasteiger partial charge in [-0.25, -0.2) is 8.42 Å². The number of nitrogens with zero attached hydrogens (tertiary/aromatic N) is 2. The molecule has 18 heavy (non-hydrogen) atoms. The van der Waals surface area contributed by atoms with E-state index in [1.165, 1.54) is 21.1 Å². The zero-order chi connectivity index (χ0) is 13.5. The van der Waals surface area contributed by atoms with Crippen molar-refractivity contribution in [1.29, 1.82) is 0 Å². The average Bonchev–Trinajstić information content (AvgIpc) is 2.84. The van der Waals surface area contributed by atoms with Crippen LogP contribution in [-0.4, -0.2) is 47.5 Å². The SMILES string of the molecule is Cn1cc(S(=O)(=O)N2CC[C@@H](O)C2)cc1C(N)=O. The highest BCUT2D eigenvalue weighted by Gasteiger charge is 2.32. The predicted molar refractivity (Wildman–Crippen MR) is 63.3 cm³/mol. The Balaban J connectivity index is 2.36. The average molecular weight is 273 g/mol. The molecule has 1 amide bonds. The van der Waals surface area contributed by atoms with E-state index < -0.39 is 22.0 Å². The van der Waals surface area contributed by atoms with Crippen molar-refractivity contribution in [2.24, 2.45) is 12.8 Å². The number of β-amino-alcohol motifs (C(OH)–C–C–N with tert-alkyl or cyclic N) is 1. The Morgan fingerprint density at radius 2 is 2.22 bits per heavy atom. The van der Waals surface area contributed by atoms with Gasteiger partial charge < -0.3 is 15.4 Å². The first-order chi connectivity index (χ1) is 8.32. The minimum atomic E-state index is -3.66. The number of aryl methyl sites for hydroxylation is 1. The lowest BCUT2D eigenvalue weighted by Crippen LogP contribution is -2.29. The number of primary amides is 1. The summed E-state index contributed by atoms with van der Waals surface area (Å²) >= 11 is 0. The number of amides is 1. The molecule has 7 nitrogen and oxygen atoms in total. The molecule has 1 saturated heterocycles. The van der Waals surface area contributed by atoms with Crippen molar-refractivity contribution >= 4 is 15.9 Å². The highest BCUT2D eigenvalue weighted by molar-refractivity contribution is 7.89. The van der Waals surface area contributed by atoms with Gasteiger partial charge in [-0.3, -0.25) is 4.79 Å². The Kier molecular flexibility index (Phi) is 3.18. The molecule has 1 aliphatic rings. The van der Waals surface area contributed by atoms with Crippen molar-refractivity contribution in [3.05, 3.63) is 18.0 Å². The van der Waals surface area contributed by atoms with Crippen molar-refractivity contribution in [1.82, 2.24) is 8.87 Å². The van der Waals surface area contributed by atoms with Crippen LogP contribution in [0, 0.1) is 0 Å². The number of aliphatic hydroxyl groups excluding tert-OH is 1. The fourth-order valence-corrected chi connectivity index (χ4v) is 3.56. The largest absolute Gasteiger partial charge is 0.392 e. The van der Waals surface area contributed by atoms with E-state index in [0.717, 1.165) is 0 Å². The van der Waals surface area contributed by atoms with Crippen molar-refractivity contribution < 1.29 is 18.3 Å². The third kappa shape index (κ3) is 2.14. The Morgan fingerprint density at radius 3 is 2.67 bits per heavy atom. The van der Waals surface area contributed by atoms with Gasteiger partial charge in [0.15, 0.2) is 0 Å². The summed E-state index contributed by atoms with van der Waals surface area (Å²) in [6, 6.07) is 1.25. The van der Waals surface area contributed by atoms with E-state index in [1.807, 2.05) is 0 Å². The van der Waals surface area contributed by atoms with Crippen LogP contribution in [0.2, 0.25) is 0 Å². The number of aromatic nitrogens is 1. The zero-order valence-electron chi connectivity index (χ0n) is 9.91. The topological polar surface area (TPSA) is 106 Å². The van der Waals surface area contributed by atoms with E-state index in [2.05, 4.69) is 0 Å². The minimum absolute atomic E-state index is 0.0212. The van der Waals surface area contributed by atoms with E-state index in [9.17, 15) is 18.3 Å². The maximum atomic E-state index is 12.2. The van der Waals surface area contributed by atoms with Gasteiger partial charge in [-0.05, 0) is 12.5 Å². The van der Waals surface area contributed by atoms with Crippen molar-refractivity contribution in [3.63, 3.8) is 0 Å². The molecule has 0 radical (unpaired) electrons. The Labute approximate surface area is 105 Å². The van der Waals surface area contributed by atoms with Crippen molar-refractivity contribution in [2.75, 3.05) is 13.1 Å². The second-order valence-electron chi connectivity index (χ2n) is 4.34. The molecule has 1 aliphatic heterocycles. The molecule has 0 bridgehead atoms. The van der Waals surface area contributed by atoms with Crippen LogP contribution in [0.25, 0.3) is 0 Å². The van der Waals surface area contributed by atoms with Gasteiger partial charge in [0.25, 0.3) is 5.91 Å². The quantitative estimate of drug-likeness (QED) is 0.727. The van der Waals surface area contributed by atoms with Gasteiger partial charge in [-0.15, -0.1) is 0 Å². The number of carbonyl (C=O) groups excluding carboxylic acids is 1. The zero-order valence-corrected chi connectivity index (χ0v) is 10.7. The second kappa shape index (κ2) is 4.38. The molecular weight excluding hydrogens is 258 g/mol. The van der Waals surface area contributed by atoms with Gasteiger partial charge >= 0.3 is 0 Å². The van der Waals surface area contributed by atoms with E-state index in [1.54, 1.807) is 7.05 Å². The second-order valence-corrected chi connectivity index (χ2v) is 6.28. The lowest BCUT2D eigenvalue weighted by molar-refractivity contribution is 0.0992. The summed E-state index contributed by atoms with van der Waals surface area (Å²) in [4.78, 5) is 11.1. The van der Waals surface area contributed by atoms with E-state index in [-0.39, 0.29) is 23.7 Å². The molecule has 1 aromatic heterocycles. The molecule has 2 rings (SSSR count). The van der Waals surface area contributed by atoms with E-state index >= 15 is 0 Å². The van der Waals surface area contributed by atoms with Gasteiger partial charge in [0.1, 0.15) is 10.6 Å². The molecule has 100 valence electrons. The van der Waals surface area contributed by atoms with Crippen LogP contribution in [-0.2, 0) is 17.1 Å². The van der Waals surface area contributed by atoms with Gasteiger partial charge in [-0.1, -0.05) is 0 Å². The third-order valence-electron chi connectivity index (χ3n) is 3.00. The minimum Gasteiger partial charge on any atom is -0.392 e. The van der Waals surface area contributed by atoms with Crippen LogP contribution < -0.4 is 5.73 Å². The number of sulfonamides is 1. The molecule has 0 unspecified atom stereocenters. The lowest BCUT2D eigenvalue weighted by atomic mass is 10.3. The maximum absolute atomic E-state index is 12.2. The number of nitrogens with two attached hydrogens (primary N) is 1. The summed E-state index contributed by atoms with van der Waals surface area (Å²) in [7, 11) is -2.11. The van der Waals surface area contributed by atoms with Crippen LogP contribution >= 0.6 is 0 Å². The first kappa shape index (κ1) is 13.1. The van der Waals surface area contributed by atoms with Crippen LogP contribution in [0.3, 0.4) is 0 Å². The smallest absolute Gasteiger partial charge is 0.265 e. The normalized spacial score (nSPS) is 21.3. The van der Waals surface area contributed by atoms with E-state index in [0.29, 0.717) is 6.42 Å². The fraction of sp³-hybridized carbons (Fsp3) is 0.500. The lowest BCUT2D eigenvalue weighted by Gasteiger charge is -2.14. The van der Waals surface area contributed by atoms with Crippen LogP contribution in [0.1, 0.15) is 16.9 Å². The number of carbonyl (C=O) groups is 1. The molecule has 0 aromatic carbocycles. The molecule has 3 N–H and O–H groups in total. The fourth-order valence-electron chi connectivity index (χ4n) is 2.00. The molecular formula is C10H15N3O4S. The molecule has 1 atom stereocenters. The molecule has 0 spiro atoms. The monoisotopic (exact) mass is 273 g/mol. The number of aliphatic hydroxyl groups is 1. The van der Waals surface area contributed by atoms with Crippen LogP contribution in [0.15, 0.2) is 17.2 Å². The summed E-state index contributed by atoms with van der Waals surface area (Å²) in [5.74, 6) is -0.680. The summed E-state index contributed by atoms with van der Waals surface area (Å²) in [6.07, 6.45) is 1.15. The van der Waals surface area contributed by atoms with Crippen molar-refractivity contribution in [3.8, 4) is 0 Å².